The molecule has 0 N–H and O–H groups in total. The van der Waals surface area contributed by atoms with E-state index in [4.69, 9.17) is 0 Å². The molecule has 0 radical (unpaired) electrons. The number of amides is 1. The van der Waals surface area contributed by atoms with E-state index in [1.807, 2.05) is 24.0 Å². The van der Waals surface area contributed by atoms with Gasteiger partial charge in [0.2, 0.25) is 5.95 Å². The number of anilines is 1. The van der Waals surface area contributed by atoms with Crippen molar-refractivity contribution in [3.05, 3.63) is 47.8 Å². The molecule has 0 saturated carbocycles. The normalized spacial score (nSPS) is 22.8. The number of piperidine rings is 1. The molecule has 0 aliphatic carbocycles. The first kappa shape index (κ1) is 16.9. The number of aromatic nitrogens is 3. The maximum atomic E-state index is 13.1. The first-order valence-electron chi connectivity index (χ1n) is 8.99. The molecule has 136 valence electrons. The number of carbonyl (C=O) groups excluding carboxylic acids is 1. The third kappa shape index (κ3) is 3.25. The lowest BCUT2D eigenvalue weighted by molar-refractivity contribution is 0.0767. The molecule has 2 aliphatic heterocycles. The van der Waals surface area contributed by atoms with Gasteiger partial charge < -0.3 is 9.80 Å². The standard InChI is InChI=1S/C19H22FN5O/c1-14-3-4-15(9-21-14)17(26)24-8-6-19(12-24)5-2-7-25(13-19)18-22-10-16(20)11-23-18/h3-4,9-11H,2,5-8,12-13H2,1H3. The molecule has 2 aromatic rings. The topological polar surface area (TPSA) is 62.2 Å². The Hall–Kier alpha value is -2.57. The van der Waals surface area contributed by atoms with E-state index in [-0.39, 0.29) is 11.3 Å². The Bertz CT molecular complexity index is 795. The zero-order valence-electron chi connectivity index (χ0n) is 14.9. The molecular formula is C19H22FN5O. The average molecular weight is 355 g/mol. The van der Waals surface area contributed by atoms with Crippen LogP contribution in [0.1, 0.15) is 35.3 Å². The average Bonchev–Trinajstić information content (AvgIpc) is 3.05. The number of nitrogens with zero attached hydrogens (tertiary/aromatic N) is 5. The molecule has 2 fully saturated rings. The summed E-state index contributed by atoms with van der Waals surface area (Å²) < 4.78 is 13.1. The van der Waals surface area contributed by atoms with Crippen molar-refractivity contribution in [2.75, 3.05) is 31.1 Å². The van der Waals surface area contributed by atoms with E-state index >= 15 is 0 Å². The van der Waals surface area contributed by atoms with Crippen LogP contribution in [-0.4, -0.2) is 51.9 Å². The Morgan fingerprint density at radius 2 is 1.88 bits per heavy atom. The Morgan fingerprint density at radius 3 is 2.62 bits per heavy atom. The first-order chi connectivity index (χ1) is 12.5. The van der Waals surface area contributed by atoms with Crippen LogP contribution in [0.15, 0.2) is 30.7 Å². The van der Waals surface area contributed by atoms with Gasteiger partial charge in [-0.1, -0.05) is 0 Å². The van der Waals surface area contributed by atoms with Gasteiger partial charge >= 0.3 is 0 Å². The minimum Gasteiger partial charge on any atom is -0.340 e. The van der Waals surface area contributed by atoms with Crippen LogP contribution in [0.3, 0.4) is 0 Å². The first-order valence-corrected chi connectivity index (χ1v) is 8.99. The summed E-state index contributed by atoms with van der Waals surface area (Å²) >= 11 is 0. The number of hydrogen-bond donors (Lipinski definition) is 0. The van der Waals surface area contributed by atoms with Crippen LogP contribution in [0.2, 0.25) is 0 Å². The molecule has 2 aromatic heterocycles. The molecule has 2 aliphatic rings. The van der Waals surface area contributed by atoms with Crippen molar-refractivity contribution in [3.8, 4) is 0 Å². The monoisotopic (exact) mass is 355 g/mol. The molecule has 6 nitrogen and oxygen atoms in total. The largest absolute Gasteiger partial charge is 0.340 e. The molecule has 4 heterocycles. The number of carbonyl (C=O) groups is 1. The molecule has 0 aromatic carbocycles. The van der Waals surface area contributed by atoms with E-state index in [1.54, 1.807) is 6.20 Å². The Kier molecular flexibility index (Phi) is 4.30. The quantitative estimate of drug-likeness (QED) is 0.828. The lowest BCUT2D eigenvalue weighted by Crippen LogP contribution is -2.46. The minimum absolute atomic E-state index is 0.0459. The highest BCUT2D eigenvalue weighted by Gasteiger charge is 2.43. The van der Waals surface area contributed by atoms with Crippen molar-refractivity contribution in [1.82, 2.24) is 19.9 Å². The van der Waals surface area contributed by atoms with Crippen LogP contribution < -0.4 is 4.90 Å². The van der Waals surface area contributed by atoms with Crippen molar-refractivity contribution < 1.29 is 9.18 Å². The minimum atomic E-state index is -0.426. The van der Waals surface area contributed by atoms with Gasteiger partial charge in [0.05, 0.1) is 18.0 Å². The van der Waals surface area contributed by atoms with Gasteiger partial charge in [-0.05, 0) is 38.3 Å². The van der Waals surface area contributed by atoms with Gasteiger partial charge in [-0.3, -0.25) is 9.78 Å². The molecule has 1 spiro atoms. The van der Waals surface area contributed by atoms with Gasteiger partial charge in [-0.25, -0.2) is 14.4 Å². The molecule has 2 saturated heterocycles. The summed E-state index contributed by atoms with van der Waals surface area (Å²) in [6.45, 7) is 5.06. The van der Waals surface area contributed by atoms with Gasteiger partial charge in [-0.2, -0.15) is 0 Å². The maximum Gasteiger partial charge on any atom is 0.255 e. The number of likely N-dealkylation sites (tertiary alicyclic amines) is 1. The number of pyridine rings is 1. The van der Waals surface area contributed by atoms with E-state index in [0.717, 1.165) is 51.1 Å². The third-order valence-electron chi connectivity index (χ3n) is 5.43. The summed E-state index contributed by atoms with van der Waals surface area (Å²) in [6.07, 6.45) is 7.14. The SMILES string of the molecule is Cc1ccc(C(=O)N2CCC3(CCCN(c4ncc(F)cn4)C3)C2)cn1. The number of hydrogen-bond acceptors (Lipinski definition) is 5. The lowest BCUT2D eigenvalue weighted by Gasteiger charge is -2.40. The number of aryl methyl sites for hydroxylation is 1. The van der Waals surface area contributed by atoms with Gasteiger partial charge in [0.1, 0.15) is 0 Å². The molecule has 1 unspecified atom stereocenters. The van der Waals surface area contributed by atoms with E-state index < -0.39 is 5.82 Å². The summed E-state index contributed by atoms with van der Waals surface area (Å²) in [6, 6.07) is 3.71. The van der Waals surface area contributed by atoms with Gasteiger partial charge in [0.15, 0.2) is 5.82 Å². The van der Waals surface area contributed by atoms with Crippen LogP contribution >= 0.6 is 0 Å². The zero-order valence-corrected chi connectivity index (χ0v) is 14.9. The fourth-order valence-electron chi connectivity index (χ4n) is 4.07. The molecule has 0 bridgehead atoms. The maximum absolute atomic E-state index is 13.1. The predicted molar refractivity (Wildman–Crippen MR) is 95.4 cm³/mol. The molecule has 1 amide bonds. The Balaban J connectivity index is 1.47. The van der Waals surface area contributed by atoms with Crippen molar-refractivity contribution in [3.63, 3.8) is 0 Å². The van der Waals surface area contributed by atoms with Gasteiger partial charge in [-0.15, -0.1) is 0 Å². The van der Waals surface area contributed by atoms with Crippen molar-refractivity contribution in [1.29, 1.82) is 0 Å². The van der Waals surface area contributed by atoms with E-state index in [0.29, 0.717) is 11.5 Å². The molecule has 4 rings (SSSR count). The fourth-order valence-corrected chi connectivity index (χ4v) is 4.07. The number of rotatable bonds is 2. The summed E-state index contributed by atoms with van der Waals surface area (Å²) in [4.78, 5) is 29.3. The smallest absolute Gasteiger partial charge is 0.255 e. The van der Waals surface area contributed by atoms with E-state index in [1.165, 1.54) is 12.4 Å². The molecule has 1 atom stereocenters. The van der Waals surface area contributed by atoms with Gasteiger partial charge in [0, 0.05) is 43.5 Å². The van der Waals surface area contributed by atoms with Crippen molar-refractivity contribution >= 4 is 11.9 Å². The van der Waals surface area contributed by atoms with Gasteiger partial charge in [0.25, 0.3) is 5.91 Å². The number of halogens is 1. The molecular weight excluding hydrogens is 333 g/mol. The predicted octanol–water partition coefficient (Wildman–Crippen LogP) is 2.45. The summed E-state index contributed by atoms with van der Waals surface area (Å²) in [5.74, 6) is 0.187. The second kappa shape index (κ2) is 6.63. The van der Waals surface area contributed by atoms with Crippen LogP contribution in [0.5, 0.6) is 0 Å². The highest BCUT2D eigenvalue weighted by Crippen LogP contribution is 2.40. The van der Waals surface area contributed by atoms with E-state index in [9.17, 15) is 9.18 Å². The summed E-state index contributed by atoms with van der Waals surface area (Å²) in [7, 11) is 0. The Labute approximate surface area is 152 Å². The van der Waals surface area contributed by atoms with Crippen LogP contribution in [0.4, 0.5) is 10.3 Å². The fraction of sp³-hybridized carbons (Fsp3) is 0.474. The van der Waals surface area contributed by atoms with E-state index in [2.05, 4.69) is 19.9 Å². The van der Waals surface area contributed by atoms with Crippen LogP contribution in [-0.2, 0) is 0 Å². The van der Waals surface area contributed by atoms with Crippen molar-refractivity contribution in [2.45, 2.75) is 26.2 Å². The molecule has 26 heavy (non-hydrogen) atoms. The zero-order chi connectivity index (χ0) is 18.1. The second-order valence-corrected chi connectivity index (χ2v) is 7.39. The highest BCUT2D eigenvalue weighted by atomic mass is 19.1. The summed E-state index contributed by atoms with van der Waals surface area (Å²) in [5.41, 5.74) is 1.60. The third-order valence-corrected chi connectivity index (χ3v) is 5.43. The highest BCUT2D eigenvalue weighted by molar-refractivity contribution is 5.94. The van der Waals surface area contributed by atoms with Crippen LogP contribution in [0, 0.1) is 18.2 Å². The van der Waals surface area contributed by atoms with Crippen LogP contribution in [0.25, 0.3) is 0 Å². The summed E-state index contributed by atoms with van der Waals surface area (Å²) in [5, 5.41) is 0. The Morgan fingerprint density at radius 1 is 1.08 bits per heavy atom. The molecule has 7 heteroatoms. The lowest BCUT2D eigenvalue weighted by atomic mass is 9.79. The second-order valence-electron chi connectivity index (χ2n) is 7.39. The van der Waals surface area contributed by atoms with Crippen molar-refractivity contribution in [2.24, 2.45) is 5.41 Å².